The SMILES string of the molecule is COC(=O)C1=C(C)NC(C)=C(C(=O)OC)C1c1ccccc1-c1nc(-c2cc(Br)c(OC)cc2OC)cs1. The zero-order valence-corrected chi connectivity index (χ0v) is 24.2. The molecule has 198 valence electrons. The molecular weight excluding hydrogens is 572 g/mol. The molecular formula is C28H27BrN2O6S. The Morgan fingerprint density at radius 3 is 2.08 bits per heavy atom. The number of nitrogens with zero attached hydrogens (tertiary/aromatic N) is 1. The van der Waals surface area contributed by atoms with E-state index in [4.69, 9.17) is 23.9 Å². The van der Waals surface area contributed by atoms with Gasteiger partial charge >= 0.3 is 11.9 Å². The maximum absolute atomic E-state index is 13.0. The summed E-state index contributed by atoms with van der Waals surface area (Å²) in [7, 11) is 5.83. The third kappa shape index (κ3) is 4.93. The maximum atomic E-state index is 13.0. The van der Waals surface area contributed by atoms with E-state index in [1.165, 1.54) is 25.6 Å². The monoisotopic (exact) mass is 598 g/mol. The molecule has 0 amide bonds. The second kappa shape index (κ2) is 11.4. The predicted octanol–water partition coefficient (Wildman–Crippen LogP) is 5.84. The number of halogens is 1. The first-order valence-corrected chi connectivity index (χ1v) is 13.2. The Hall–Kier alpha value is -3.63. The number of benzene rings is 2. The molecule has 0 radical (unpaired) electrons. The van der Waals surface area contributed by atoms with Gasteiger partial charge in [0.25, 0.3) is 0 Å². The van der Waals surface area contributed by atoms with Crippen LogP contribution in [-0.4, -0.2) is 45.4 Å². The van der Waals surface area contributed by atoms with Crippen LogP contribution >= 0.6 is 27.3 Å². The van der Waals surface area contributed by atoms with E-state index in [0.717, 1.165) is 21.2 Å². The number of aromatic nitrogens is 1. The Balaban J connectivity index is 1.90. The molecule has 1 aromatic heterocycles. The lowest BCUT2D eigenvalue weighted by molar-refractivity contribution is -0.137. The van der Waals surface area contributed by atoms with Gasteiger partial charge in [0.05, 0.1) is 55.7 Å². The van der Waals surface area contributed by atoms with Crippen LogP contribution in [0.3, 0.4) is 0 Å². The van der Waals surface area contributed by atoms with Gasteiger partial charge in [0.15, 0.2) is 0 Å². The molecule has 0 bridgehead atoms. The van der Waals surface area contributed by atoms with Crippen molar-refractivity contribution < 1.29 is 28.5 Å². The van der Waals surface area contributed by atoms with Crippen molar-refractivity contribution in [3.63, 3.8) is 0 Å². The van der Waals surface area contributed by atoms with Crippen LogP contribution in [0.5, 0.6) is 11.5 Å². The summed E-state index contributed by atoms with van der Waals surface area (Å²) < 4.78 is 22.0. The number of esters is 2. The minimum absolute atomic E-state index is 0.337. The lowest BCUT2D eigenvalue weighted by Gasteiger charge is -2.31. The van der Waals surface area contributed by atoms with Crippen LogP contribution in [0.2, 0.25) is 0 Å². The number of allylic oxidation sites excluding steroid dienone is 2. The normalized spacial score (nSPS) is 13.8. The van der Waals surface area contributed by atoms with Crippen LogP contribution in [0.1, 0.15) is 25.3 Å². The third-order valence-electron chi connectivity index (χ3n) is 6.33. The summed E-state index contributed by atoms with van der Waals surface area (Å²) in [4.78, 5) is 30.9. The topological polar surface area (TPSA) is 96.0 Å². The minimum atomic E-state index is -0.718. The molecule has 1 N–H and O–H groups in total. The molecule has 8 nitrogen and oxygen atoms in total. The molecule has 1 aliphatic heterocycles. The summed E-state index contributed by atoms with van der Waals surface area (Å²) in [5, 5.41) is 5.79. The summed E-state index contributed by atoms with van der Waals surface area (Å²) >= 11 is 4.99. The standard InChI is InChI=1S/C28H27BrN2O6S/c1-14-23(27(32)36-5)25(24(15(2)30-14)28(33)37-6)16-9-7-8-10-17(16)26-31-20(13-38-26)18-11-19(29)22(35-4)12-21(18)34-3/h7-13,25,30H,1-6H3. The summed E-state index contributed by atoms with van der Waals surface area (Å²) in [6, 6.07) is 11.3. The van der Waals surface area contributed by atoms with E-state index < -0.39 is 17.9 Å². The first-order valence-electron chi connectivity index (χ1n) is 11.6. The Morgan fingerprint density at radius 1 is 0.895 bits per heavy atom. The van der Waals surface area contributed by atoms with E-state index in [0.29, 0.717) is 44.7 Å². The van der Waals surface area contributed by atoms with Crippen LogP contribution in [0.4, 0.5) is 0 Å². The Labute approximate surface area is 233 Å². The number of rotatable bonds is 7. The number of hydrogen-bond donors (Lipinski definition) is 1. The van der Waals surface area contributed by atoms with Gasteiger partial charge in [-0.1, -0.05) is 24.3 Å². The molecule has 0 unspecified atom stereocenters. The second-order valence-electron chi connectivity index (χ2n) is 8.43. The van der Waals surface area contributed by atoms with E-state index in [1.54, 1.807) is 34.1 Å². The van der Waals surface area contributed by atoms with Crippen LogP contribution < -0.4 is 14.8 Å². The van der Waals surface area contributed by atoms with Crippen molar-refractivity contribution in [3.8, 4) is 33.3 Å². The van der Waals surface area contributed by atoms with Gasteiger partial charge in [0.2, 0.25) is 0 Å². The number of dihydropyridines is 1. The number of nitrogens with one attached hydrogen (secondary N) is 1. The summed E-state index contributed by atoms with van der Waals surface area (Å²) in [6.07, 6.45) is 0. The molecule has 0 fully saturated rings. The van der Waals surface area contributed by atoms with Gasteiger partial charge in [-0.25, -0.2) is 14.6 Å². The van der Waals surface area contributed by atoms with Gasteiger partial charge in [-0.05, 0) is 41.4 Å². The van der Waals surface area contributed by atoms with Crippen molar-refractivity contribution >= 4 is 39.2 Å². The molecule has 3 aromatic rings. The quantitative estimate of drug-likeness (QED) is 0.339. The van der Waals surface area contributed by atoms with Crippen LogP contribution in [0.15, 0.2) is 68.8 Å². The third-order valence-corrected chi connectivity index (χ3v) is 7.82. The predicted molar refractivity (Wildman–Crippen MR) is 149 cm³/mol. The number of ether oxygens (including phenoxy) is 4. The molecule has 38 heavy (non-hydrogen) atoms. The average Bonchev–Trinajstić information content (AvgIpc) is 3.41. The zero-order chi connectivity index (χ0) is 27.6. The lowest BCUT2D eigenvalue weighted by Crippen LogP contribution is -2.32. The molecule has 0 saturated carbocycles. The highest BCUT2D eigenvalue weighted by Crippen LogP contribution is 2.45. The van der Waals surface area contributed by atoms with Crippen molar-refractivity contribution in [1.82, 2.24) is 10.3 Å². The van der Waals surface area contributed by atoms with Gasteiger partial charge in [-0.3, -0.25) is 0 Å². The number of methoxy groups -OCH3 is 4. The van der Waals surface area contributed by atoms with Gasteiger partial charge in [0, 0.05) is 34.0 Å². The highest BCUT2D eigenvalue weighted by molar-refractivity contribution is 9.10. The smallest absolute Gasteiger partial charge is 0.336 e. The highest BCUT2D eigenvalue weighted by atomic mass is 79.9. The minimum Gasteiger partial charge on any atom is -0.496 e. The van der Waals surface area contributed by atoms with Crippen molar-refractivity contribution in [2.24, 2.45) is 0 Å². The van der Waals surface area contributed by atoms with Gasteiger partial charge in [0.1, 0.15) is 16.5 Å². The number of carbonyl (C=O) groups excluding carboxylic acids is 2. The van der Waals surface area contributed by atoms with Gasteiger partial charge in [-0.2, -0.15) is 0 Å². The van der Waals surface area contributed by atoms with Crippen molar-refractivity contribution in [1.29, 1.82) is 0 Å². The van der Waals surface area contributed by atoms with Crippen molar-refractivity contribution in [3.05, 3.63) is 74.4 Å². The Morgan fingerprint density at radius 2 is 1.50 bits per heavy atom. The second-order valence-corrected chi connectivity index (χ2v) is 10.1. The molecule has 10 heteroatoms. The van der Waals surface area contributed by atoms with E-state index in [2.05, 4.69) is 21.2 Å². The zero-order valence-electron chi connectivity index (χ0n) is 21.8. The van der Waals surface area contributed by atoms with E-state index >= 15 is 0 Å². The fourth-order valence-electron chi connectivity index (χ4n) is 4.59. The van der Waals surface area contributed by atoms with Gasteiger partial charge in [-0.15, -0.1) is 11.3 Å². The first-order chi connectivity index (χ1) is 18.2. The lowest BCUT2D eigenvalue weighted by atomic mass is 9.78. The molecule has 0 atom stereocenters. The van der Waals surface area contributed by atoms with E-state index in [9.17, 15) is 9.59 Å². The summed E-state index contributed by atoms with van der Waals surface area (Å²) in [6.45, 7) is 3.57. The molecule has 1 aliphatic rings. The number of hydrogen-bond acceptors (Lipinski definition) is 9. The Bertz CT molecular complexity index is 1440. The first kappa shape index (κ1) is 27.4. The van der Waals surface area contributed by atoms with Crippen LogP contribution in [0, 0.1) is 0 Å². The molecule has 0 aliphatic carbocycles. The van der Waals surface area contributed by atoms with Crippen LogP contribution in [0.25, 0.3) is 21.8 Å². The number of carbonyl (C=O) groups is 2. The van der Waals surface area contributed by atoms with Crippen LogP contribution in [-0.2, 0) is 19.1 Å². The largest absolute Gasteiger partial charge is 0.496 e. The highest BCUT2D eigenvalue weighted by Gasteiger charge is 2.39. The maximum Gasteiger partial charge on any atom is 0.336 e. The average molecular weight is 600 g/mol. The molecule has 2 heterocycles. The van der Waals surface area contributed by atoms with Crippen molar-refractivity contribution in [2.45, 2.75) is 19.8 Å². The molecule has 2 aromatic carbocycles. The van der Waals surface area contributed by atoms with E-state index in [-0.39, 0.29) is 0 Å². The molecule has 0 saturated heterocycles. The van der Waals surface area contributed by atoms with E-state index in [1.807, 2.05) is 35.7 Å². The molecule has 4 rings (SSSR count). The summed E-state index contributed by atoms with van der Waals surface area (Å²) in [5.74, 6) is -0.518. The van der Waals surface area contributed by atoms with Gasteiger partial charge < -0.3 is 24.3 Å². The Kier molecular flexibility index (Phi) is 8.23. The van der Waals surface area contributed by atoms with Crippen molar-refractivity contribution in [2.75, 3.05) is 28.4 Å². The molecule has 0 spiro atoms. The fourth-order valence-corrected chi connectivity index (χ4v) is 5.96. The number of thiazole rings is 1. The fraction of sp³-hybridized carbons (Fsp3) is 0.250. The summed E-state index contributed by atoms with van der Waals surface area (Å²) in [5.41, 5.74) is 4.91.